The number of fused-ring (bicyclic) bond motifs is 8. The van der Waals surface area contributed by atoms with E-state index in [9.17, 15) is 0 Å². The fourth-order valence-electron chi connectivity index (χ4n) is 9.16. The van der Waals surface area contributed by atoms with Crippen LogP contribution in [0.5, 0.6) is 0 Å². The molecule has 0 saturated carbocycles. The number of hydrogen-bond donors (Lipinski definition) is 0. The number of benzene rings is 9. The van der Waals surface area contributed by atoms with E-state index in [1.807, 2.05) is 6.07 Å². The molecule has 0 radical (unpaired) electrons. The summed E-state index contributed by atoms with van der Waals surface area (Å²) in [4.78, 5) is 2.48. The zero-order valence-corrected chi connectivity index (χ0v) is 30.8. The molecule has 11 rings (SSSR count). The highest BCUT2D eigenvalue weighted by molar-refractivity contribution is 6.08. The van der Waals surface area contributed by atoms with Crippen molar-refractivity contribution in [1.82, 2.24) is 0 Å². The van der Waals surface area contributed by atoms with Gasteiger partial charge in [0.05, 0.1) is 11.4 Å². The first kappa shape index (κ1) is 31.6. The lowest BCUT2D eigenvalue weighted by Crippen LogP contribution is -2.16. The number of para-hydroxylation sites is 1. The number of nitrogens with zero attached hydrogens (tertiary/aromatic N) is 1. The van der Waals surface area contributed by atoms with Crippen LogP contribution in [-0.4, -0.2) is 0 Å². The molecular formula is C53H37NO. The molecule has 260 valence electrons. The first-order chi connectivity index (χ1) is 27.0. The summed E-state index contributed by atoms with van der Waals surface area (Å²) in [6.07, 6.45) is 0. The Bertz CT molecular complexity index is 3150. The van der Waals surface area contributed by atoms with E-state index in [2.05, 4.69) is 201 Å². The lowest BCUT2D eigenvalue weighted by Gasteiger charge is -2.31. The molecule has 2 heteroatoms. The van der Waals surface area contributed by atoms with Crippen molar-refractivity contribution < 1.29 is 4.42 Å². The van der Waals surface area contributed by atoms with Crippen LogP contribution in [0.25, 0.3) is 76.9 Å². The lowest BCUT2D eigenvalue weighted by molar-refractivity contribution is 0.660. The van der Waals surface area contributed by atoms with Crippen LogP contribution in [-0.2, 0) is 5.41 Å². The van der Waals surface area contributed by atoms with Crippen molar-refractivity contribution >= 4 is 60.5 Å². The first-order valence-corrected chi connectivity index (χ1v) is 19.1. The van der Waals surface area contributed by atoms with E-state index in [1.165, 1.54) is 66.1 Å². The summed E-state index contributed by atoms with van der Waals surface area (Å²) in [5.74, 6) is 0. The summed E-state index contributed by atoms with van der Waals surface area (Å²) in [6.45, 7) is 4.71. The number of furan rings is 1. The van der Waals surface area contributed by atoms with Gasteiger partial charge < -0.3 is 9.32 Å². The molecule has 0 atom stereocenters. The summed E-state index contributed by atoms with van der Waals surface area (Å²) in [5, 5.41) is 7.14. The molecule has 1 aliphatic carbocycles. The van der Waals surface area contributed by atoms with Gasteiger partial charge in [0.15, 0.2) is 0 Å². The largest absolute Gasteiger partial charge is 0.456 e. The van der Waals surface area contributed by atoms with E-state index < -0.39 is 0 Å². The zero-order chi connectivity index (χ0) is 36.7. The van der Waals surface area contributed by atoms with Crippen molar-refractivity contribution in [3.63, 3.8) is 0 Å². The highest BCUT2D eigenvalue weighted by atomic mass is 16.3. The number of anilines is 3. The molecule has 0 aliphatic heterocycles. The summed E-state index contributed by atoms with van der Waals surface area (Å²) in [5.41, 5.74) is 14.9. The molecule has 2 nitrogen and oxygen atoms in total. The SMILES string of the molecule is CC1(C)c2ccccc2-c2c(N(c3ccc4c(c3)oc3ccccc34)c3cccc(-c4ccc5ccccc5c4)c3-c3ccc4ccccc4c3)cccc21. The molecule has 0 spiro atoms. The molecular weight excluding hydrogens is 667 g/mol. The minimum absolute atomic E-state index is 0.148. The van der Waals surface area contributed by atoms with Crippen LogP contribution in [0.3, 0.4) is 0 Å². The number of hydrogen-bond acceptors (Lipinski definition) is 2. The second-order valence-electron chi connectivity index (χ2n) is 15.3. The van der Waals surface area contributed by atoms with Gasteiger partial charge in [-0.25, -0.2) is 0 Å². The smallest absolute Gasteiger partial charge is 0.137 e. The van der Waals surface area contributed by atoms with Crippen LogP contribution in [0.2, 0.25) is 0 Å². The summed E-state index contributed by atoms with van der Waals surface area (Å²) >= 11 is 0. The standard InChI is InChI=1S/C53H37NO/c1-53(2)45-20-9-7-18-44(45)52-46(53)21-12-23-48(52)54(40-29-30-43-42-17-8-10-24-49(42)55-50(43)33-40)47-22-11-19-41(38-27-25-34-13-3-5-15-36(34)31-38)51(47)39-28-26-35-14-4-6-16-37(35)32-39/h3-33H,1-2H3. The minimum Gasteiger partial charge on any atom is -0.456 e. The molecule has 10 aromatic rings. The molecule has 0 fully saturated rings. The fraction of sp³-hybridized carbons (Fsp3) is 0.0566. The predicted molar refractivity (Wildman–Crippen MR) is 232 cm³/mol. The molecule has 0 bridgehead atoms. The second kappa shape index (κ2) is 12.1. The maximum absolute atomic E-state index is 6.57. The van der Waals surface area contributed by atoms with Crippen LogP contribution in [0.4, 0.5) is 17.1 Å². The van der Waals surface area contributed by atoms with Crippen LogP contribution in [0, 0.1) is 0 Å². The van der Waals surface area contributed by atoms with Gasteiger partial charge in [0.1, 0.15) is 11.2 Å². The summed E-state index contributed by atoms with van der Waals surface area (Å²) < 4.78 is 6.57. The maximum Gasteiger partial charge on any atom is 0.137 e. The molecule has 1 aromatic heterocycles. The average molecular weight is 704 g/mol. The van der Waals surface area contributed by atoms with Gasteiger partial charge in [-0.15, -0.1) is 0 Å². The number of rotatable bonds is 5. The fourth-order valence-corrected chi connectivity index (χ4v) is 9.16. The summed E-state index contributed by atoms with van der Waals surface area (Å²) in [6, 6.07) is 68.7. The molecule has 0 saturated heterocycles. The van der Waals surface area contributed by atoms with Crippen molar-refractivity contribution in [3.05, 3.63) is 199 Å². The molecule has 0 unspecified atom stereocenters. The van der Waals surface area contributed by atoms with E-state index in [0.29, 0.717) is 0 Å². The van der Waals surface area contributed by atoms with Gasteiger partial charge in [0, 0.05) is 39.1 Å². The maximum atomic E-state index is 6.57. The minimum atomic E-state index is -0.148. The van der Waals surface area contributed by atoms with Gasteiger partial charge >= 0.3 is 0 Å². The third kappa shape index (κ3) is 4.88. The van der Waals surface area contributed by atoms with Crippen molar-refractivity contribution in [3.8, 4) is 33.4 Å². The first-order valence-electron chi connectivity index (χ1n) is 19.1. The van der Waals surface area contributed by atoms with Gasteiger partial charge in [-0.05, 0) is 97.4 Å². The van der Waals surface area contributed by atoms with Crippen molar-refractivity contribution in [2.24, 2.45) is 0 Å². The molecule has 0 N–H and O–H groups in total. The highest BCUT2D eigenvalue weighted by Crippen LogP contribution is 2.56. The van der Waals surface area contributed by atoms with Gasteiger partial charge in [-0.3, -0.25) is 0 Å². The molecule has 0 amide bonds. The van der Waals surface area contributed by atoms with Gasteiger partial charge in [0.25, 0.3) is 0 Å². The molecule has 9 aromatic carbocycles. The normalized spacial score (nSPS) is 13.1. The average Bonchev–Trinajstić information content (AvgIpc) is 3.72. The van der Waals surface area contributed by atoms with Gasteiger partial charge in [0.2, 0.25) is 0 Å². The lowest BCUT2D eigenvalue weighted by atomic mass is 9.82. The Kier molecular flexibility index (Phi) is 6.93. The Labute approximate surface area is 320 Å². The Balaban J connectivity index is 1.25. The topological polar surface area (TPSA) is 16.4 Å². The van der Waals surface area contributed by atoms with E-state index >= 15 is 0 Å². The van der Waals surface area contributed by atoms with Gasteiger partial charge in [-0.2, -0.15) is 0 Å². The van der Waals surface area contributed by atoms with Crippen LogP contribution < -0.4 is 4.90 Å². The Morgan fingerprint density at radius 2 is 0.982 bits per heavy atom. The predicted octanol–water partition coefficient (Wildman–Crippen LogP) is 15.0. The zero-order valence-electron chi connectivity index (χ0n) is 30.8. The van der Waals surface area contributed by atoms with Crippen LogP contribution in [0.15, 0.2) is 192 Å². The van der Waals surface area contributed by atoms with Crippen molar-refractivity contribution in [2.45, 2.75) is 19.3 Å². The Morgan fingerprint density at radius 3 is 1.78 bits per heavy atom. The second-order valence-corrected chi connectivity index (χ2v) is 15.3. The Hall–Kier alpha value is -6.90. The third-order valence-electron chi connectivity index (χ3n) is 11.8. The molecule has 1 heterocycles. The summed E-state index contributed by atoms with van der Waals surface area (Å²) in [7, 11) is 0. The van der Waals surface area contributed by atoms with Crippen molar-refractivity contribution in [2.75, 3.05) is 4.90 Å². The quantitative estimate of drug-likeness (QED) is 0.177. The van der Waals surface area contributed by atoms with Crippen molar-refractivity contribution in [1.29, 1.82) is 0 Å². The molecule has 1 aliphatic rings. The third-order valence-corrected chi connectivity index (χ3v) is 11.8. The molecule has 55 heavy (non-hydrogen) atoms. The monoisotopic (exact) mass is 703 g/mol. The Morgan fingerprint density at radius 1 is 0.400 bits per heavy atom. The van der Waals surface area contributed by atoms with Crippen LogP contribution >= 0.6 is 0 Å². The van der Waals surface area contributed by atoms with E-state index in [4.69, 9.17) is 4.42 Å². The van der Waals surface area contributed by atoms with Gasteiger partial charge in [-0.1, -0.05) is 153 Å². The van der Waals surface area contributed by atoms with E-state index in [1.54, 1.807) is 0 Å². The van der Waals surface area contributed by atoms with Crippen LogP contribution in [0.1, 0.15) is 25.0 Å². The van der Waals surface area contributed by atoms with E-state index in [0.717, 1.165) is 39.0 Å². The highest BCUT2D eigenvalue weighted by Gasteiger charge is 2.38. The van der Waals surface area contributed by atoms with E-state index in [-0.39, 0.29) is 5.41 Å².